The van der Waals surface area contributed by atoms with Gasteiger partial charge in [-0.05, 0) is 61.7 Å². The van der Waals surface area contributed by atoms with Crippen LogP contribution in [0.15, 0.2) is 53.6 Å². The van der Waals surface area contributed by atoms with E-state index < -0.39 is 11.9 Å². The molecule has 1 aliphatic rings. The standard InChI is InChI=1S/C26H26FN7O2/c1-3-19(25-33-20-11-6-15(27)12-18(20)26(35)34(25)16-7-8-16)32-24-21(23(29)30-13-31-24)22(28)14-4-9-17(36-2)10-5-14/h4-6,9-13,16,19,28H,3,7-8H2,1-2H3,(H3,29,30,31,32). The number of benzene rings is 2. The molecule has 2 heterocycles. The number of nitrogens with two attached hydrogens (primary N) is 1. The lowest BCUT2D eigenvalue weighted by Gasteiger charge is -2.23. The molecule has 36 heavy (non-hydrogen) atoms. The number of nitrogen functional groups attached to an aromatic ring is 1. The second-order valence-corrected chi connectivity index (χ2v) is 8.73. The largest absolute Gasteiger partial charge is 0.497 e. The molecule has 0 bridgehead atoms. The number of halogens is 1. The van der Waals surface area contributed by atoms with Gasteiger partial charge in [0.1, 0.15) is 35.4 Å². The lowest BCUT2D eigenvalue weighted by Crippen LogP contribution is -2.29. The first-order valence-electron chi connectivity index (χ1n) is 11.7. The summed E-state index contributed by atoms with van der Waals surface area (Å²) in [5.41, 5.74) is 7.50. The number of ether oxygens (including phenoxy) is 1. The van der Waals surface area contributed by atoms with Gasteiger partial charge >= 0.3 is 0 Å². The van der Waals surface area contributed by atoms with Crippen molar-refractivity contribution in [3.63, 3.8) is 0 Å². The third-order valence-electron chi connectivity index (χ3n) is 6.34. The maximum Gasteiger partial charge on any atom is 0.261 e. The van der Waals surface area contributed by atoms with Crippen molar-refractivity contribution in [3.05, 3.63) is 81.9 Å². The van der Waals surface area contributed by atoms with Crippen molar-refractivity contribution in [3.8, 4) is 5.75 Å². The number of nitrogens with one attached hydrogen (secondary N) is 2. The van der Waals surface area contributed by atoms with E-state index in [9.17, 15) is 9.18 Å². The molecule has 0 amide bonds. The summed E-state index contributed by atoms with van der Waals surface area (Å²) in [6.45, 7) is 1.97. The fraction of sp³-hybridized carbons (Fsp3) is 0.269. The Balaban J connectivity index is 1.58. The molecule has 2 aromatic heterocycles. The van der Waals surface area contributed by atoms with Crippen LogP contribution in [0.3, 0.4) is 0 Å². The maximum absolute atomic E-state index is 13.9. The maximum atomic E-state index is 13.9. The van der Waals surface area contributed by atoms with E-state index in [2.05, 4.69) is 15.3 Å². The molecular formula is C26H26FN7O2. The molecule has 9 nitrogen and oxygen atoms in total. The van der Waals surface area contributed by atoms with Crippen molar-refractivity contribution in [1.29, 1.82) is 5.41 Å². The lowest BCUT2D eigenvalue weighted by molar-refractivity contribution is 0.415. The van der Waals surface area contributed by atoms with Gasteiger partial charge in [0.25, 0.3) is 5.56 Å². The molecule has 0 aliphatic heterocycles. The SMILES string of the molecule is CCC(Nc1ncnc(N)c1C(=N)c1ccc(OC)cc1)c1nc2ccc(F)cc2c(=O)n1C1CC1. The van der Waals surface area contributed by atoms with Crippen molar-refractivity contribution in [2.45, 2.75) is 38.3 Å². The molecule has 1 unspecified atom stereocenters. The van der Waals surface area contributed by atoms with Crippen LogP contribution in [0.2, 0.25) is 0 Å². The summed E-state index contributed by atoms with van der Waals surface area (Å²) >= 11 is 0. The van der Waals surface area contributed by atoms with Gasteiger partial charge in [-0.1, -0.05) is 6.92 Å². The van der Waals surface area contributed by atoms with Gasteiger partial charge in [-0.2, -0.15) is 0 Å². The number of rotatable bonds is 8. The quantitative estimate of drug-likeness (QED) is 0.317. The molecule has 1 aliphatic carbocycles. The Morgan fingerprint density at radius 2 is 2.00 bits per heavy atom. The fourth-order valence-corrected chi connectivity index (χ4v) is 4.29. The minimum Gasteiger partial charge on any atom is -0.497 e. The van der Waals surface area contributed by atoms with Crippen LogP contribution in [0.5, 0.6) is 5.75 Å². The summed E-state index contributed by atoms with van der Waals surface area (Å²) in [6.07, 6.45) is 3.63. The molecule has 1 saturated carbocycles. The second kappa shape index (κ2) is 9.37. The summed E-state index contributed by atoms with van der Waals surface area (Å²) in [7, 11) is 1.58. The van der Waals surface area contributed by atoms with Gasteiger partial charge in [0.05, 0.1) is 35.3 Å². The predicted molar refractivity (Wildman–Crippen MR) is 136 cm³/mol. The number of anilines is 2. The van der Waals surface area contributed by atoms with Gasteiger partial charge in [0, 0.05) is 11.6 Å². The van der Waals surface area contributed by atoms with Crippen molar-refractivity contribution in [2.24, 2.45) is 0 Å². The topological polar surface area (TPSA) is 132 Å². The molecule has 184 valence electrons. The molecule has 1 atom stereocenters. The molecule has 0 saturated heterocycles. The van der Waals surface area contributed by atoms with Crippen LogP contribution in [-0.4, -0.2) is 32.3 Å². The predicted octanol–water partition coefficient (Wildman–Crippen LogP) is 4.23. The first-order chi connectivity index (χ1) is 17.4. The average Bonchev–Trinajstić information content (AvgIpc) is 3.72. The molecule has 0 radical (unpaired) electrons. The zero-order chi connectivity index (χ0) is 25.4. The van der Waals surface area contributed by atoms with Crippen LogP contribution in [0.4, 0.5) is 16.0 Å². The summed E-state index contributed by atoms with van der Waals surface area (Å²) in [6, 6.07) is 10.7. The van der Waals surface area contributed by atoms with Crippen LogP contribution < -0.4 is 21.3 Å². The Morgan fingerprint density at radius 3 is 2.67 bits per heavy atom. The molecule has 1 fully saturated rings. The Kier molecular flexibility index (Phi) is 6.09. The number of aromatic nitrogens is 4. The molecule has 2 aromatic carbocycles. The van der Waals surface area contributed by atoms with E-state index in [0.29, 0.717) is 40.5 Å². The molecular weight excluding hydrogens is 461 g/mol. The Hall–Kier alpha value is -4.34. The highest BCUT2D eigenvalue weighted by molar-refractivity contribution is 6.16. The number of nitrogens with zero attached hydrogens (tertiary/aromatic N) is 4. The smallest absolute Gasteiger partial charge is 0.261 e. The van der Waals surface area contributed by atoms with Crippen LogP contribution in [-0.2, 0) is 0 Å². The molecule has 4 aromatic rings. The molecule has 0 spiro atoms. The van der Waals surface area contributed by atoms with Crippen LogP contribution >= 0.6 is 0 Å². The van der Waals surface area contributed by atoms with E-state index in [0.717, 1.165) is 12.8 Å². The number of fused-ring (bicyclic) bond motifs is 1. The Bertz CT molecular complexity index is 1510. The first-order valence-corrected chi connectivity index (χ1v) is 11.7. The van der Waals surface area contributed by atoms with E-state index in [1.54, 1.807) is 35.9 Å². The number of methoxy groups -OCH3 is 1. The lowest BCUT2D eigenvalue weighted by atomic mass is 10.0. The number of hydrogen-bond acceptors (Lipinski definition) is 8. The monoisotopic (exact) mass is 487 g/mol. The Morgan fingerprint density at radius 1 is 1.25 bits per heavy atom. The first kappa shape index (κ1) is 23.4. The van der Waals surface area contributed by atoms with Crippen molar-refractivity contribution in [2.75, 3.05) is 18.2 Å². The van der Waals surface area contributed by atoms with Crippen LogP contribution in [0.25, 0.3) is 10.9 Å². The van der Waals surface area contributed by atoms with Crippen LogP contribution in [0, 0.1) is 11.2 Å². The van der Waals surface area contributed by atoms with Crippen molar-refractivity contribution >= 4 is 28.3 Å². The van der Waals surface area contributed by atoms with Crippen molar-refractivity contribution in [1.82, 2.24) is 19.5 Å². The molecule has 4 N–H and O–H groups in total. The summed E-state index contributed by atoms with van der Waals surface area (Å²) in [5.74, 6) is 1.27. The average molecular weight is 488 g/mol. The fourth-order valence-electron chi connectivity index (χ4n) is 4.29. The minimum atomic E-state index is -0.472. The molecule has 5 rings (SSSR count). The van der Waals surface area contributed by atoms with Gasteiger partial charge in [-0.25, -0.2) is 19.3 Å². The normalized spacial score (nSPS) is 14.0. The van der Waals surface area contributed by atoms with Crippen LogP contribution in [0.1, 0.15) is 55.2 Å². The van der Waals surface area contributed by atoms with Crippen molar-refractivity contribution < 1.29 is 9.13 Å². The van der Waals surface area contributed by atoms with E-state index in [1.165, 1.54) is 24.5 Å². The van der Waals surface area contributed by atoms with E-state index >= 15 is 0 Å². The number of hydrogen-bond donors (Lipinski definition) is 3. The third-order valence-corrected chi connectivity index (χ3v) is 6.34. The highest BCUT2D eigenvalue weighted by Crippen LogP contribution is 2.37. The zero-order valence-electron chi connectivity index (χ0n) is 20.0. The summed E-state index contributed by atoms with van der Waals surface area (Å²) in [4.78, 5) is 26.6. The Labute approximate surface area is 206 Å². The van der Waals surface area contributed by atoms with E-state index in [4.69, 9.17) is 20.9 Å². The highest BCUT2D eigenvalue weighted by Gasteiger charge is 2.31. The van der Waals surface area contributed by atoms with Gasteiger partial charge in [0.15, 0.2) is 0 Å². The van der Waals surface area contributed by atoms with Gasteiger partial charge in [0.2, 0.25) is 0 Å². The molecule has 10 heteroatoms. The van der Waals surface area contributed by atoms with E-state index in [-0.39, 0.29) is 28.5 Å². The van der Waals surface area contributed by atoms with E-state index in [1.807, 2.05) is 6.92 Å². The second-order valence-electron chi connectivity index (χ2n) is 8.73. The minimum absolute atomic E-state index is 0.0241. The highest BCUT2D eigenvalue weighted by atomic mass is 19.1. The van der Waals surface area contributed by atoms with Gasteiger partial charge < -0.3 is 15.8 Å². The third kappa shape index (κ3) is 4.26. The summed E-state index contributed by atoms with van der Waals surface area (Å²) in [5, 5.41) is 12.4. The summed E-state index contributed by atoms with van der Waals surface area (Å²) < 4.78 is 20.8. The zero-order valence-corrected chi connectivity index (χ0v) is 20.0. The van der Waals surface area contributed by atoms with Gasteiger partial charge in [-0.3, -0.25) is 14.8 Å². The van der Waals surface area contributed by atoms with Gasteiger partial charge in [-0.15, -0.1) is 0 Å².